The number of hydrogen-bond donors (Lipinski definition) is 2. The summed E-state index contributed by atoms with van der Waals surface area (Å²) >= 11 is 3.46. The van der Waals surface area contributed by atoms with Gasteiger partial charge in [-0.15, -0.1) is 0 Å². The minimum Gasteiger partial charge on any atom is -0.493 e. The molecule has 2 N–H and O–H groups in total. The van der Waals surface area contributed by atoms with Crippen LogP contribution in [0.1, 0.15) is 12.0 Å². The molecule has 0 unspecified atom stereocenters. The number of carbonyl (C=O) groups excluding carboxylic acids is 1. The Morgan fingerprint density at radius 3 is 2.31 bits per heavy atom. The maximum Gasteiger partial charge on any atom is 0.240 e. The highest BCUT2D eigenvalue weighted by Crippen LogP contribution is 2.33. The van der Waals surface area contributed by atoms with Crippen molar-refractivity contribution in [2.75, 3.05) is 27.3 Å². The van der Waals surface area contributed by atoms with Crippen LogP contribution in [0.25, 0.3) is 0 Å². The SMILES string of the molecule is COc1cc(Br)c(CCNC(=O)CCNS(=O)(=O)c2ccc(F)cc2)cc1OC. The third kappa shape index (κ3) is 6.69. The molecule has 158 valence electrons. The fraction of sp³-hybridized carbons (Fsp3) is 0.316. The van der Waals surface area contributed by atoms with E-state index in [0.29, 0.717) is 24.5 Å². The highest BCUT2D eigenvalue weighted by atomic mass is 79.9. The van der Waals surface area contributed by atoms with Gasteiger partial charge in [0, 0.05) is 24.0 Å². The highest BCUT2D eigenvalue weighted by molar-refractivity contribution is 9.10. The molecule has 0 spiro atoms. The molecule has 0 fully saturated rings. The van der Waals surface area contributed by atoms with Gasteiger partial charge in [-0.25, -0.2) is 17.5 Å². The van der Waals surface area contributed by atoms with Crippen molar-refractivity contribution in [3.8, 4) is 11.5 Å². The number of hydrogen-bond acceptors (Lipinski definition) is 5. The molecule has 0 bridgehead atoms. The molecule has 2 aromatic carbocycles. The van der Waals surface area contributed by atoms with E-state index in [0.717, 1.165) is 22.2 Å². The second-order valence-corrected chi connectivity index (χ2v) is 8.62. The molecule has 0 aromatic heterocycles. The summed E-state index contributed by atoms with van der Waals surface area (Å²) in [6.45, 7) is 0.309. The molecule has 0 atom stereocenters. The lowest BCUT2D eigenvalue weighted by Crippen LogP contribution is -2.31. The summed E-state index contributed by atoms with van der Waals surface area (Å²) in [6.07, 6.45) is 0.529. The number of nitrogens with one attached hydrogen (secondary N) is 2. The van der Waals surface area contributed by atoms with Crippen molar-refractivity contribution < 1.29 is 27.1 Å². The molecule has 0 aliphatic carbocycles. The van der Waals surface area contributed by atoms with Crippen LogP contribution in [0.5, 0.6) is 11.5 Å². The third-order valence-corrected chi connectivity index (χ3v) is 6.25. The Bertz CT molecular complexity index is 952. The van der Waals surface area contributed by atoms with Crippen LogP contribution in [0.2, 0.25) is 0 Å². The summed E-state index contributed by atoms with van der Waals surface area (Å²) in [5.41, 5.74) is 0.931. The molecule has 0 aliphatic rings. The predicted molar refractivity (Wildman–Crippen MR) is 110 cm³/mol. The first-order valence-corrected chi connectivity index (χ1v) is 11.0. The average Bonchev–Trinajstić information content (AvgIpc) is 2.69. The van der Waals surface area contributed by atoms with Crippen LogP contribution in [-0.4, -0.2) is 41.6 Å². The summed E-state index contributed by atoms with van der Waals surface area (Å²) in [7, 11) is -0.689. The molecule has 7 nitrogen and oxygen atoms in total. The molecule has 1 amide bonds. The van der Waals surface area contributed by atoms with Crippen LogP contribution in [0.15, 0.2) is 45.8 Å². The van der Waals surface area contributed by atoms with Gasteiger partial charge in [-0.1, -0.05) is 15.9 Å². The molecule has 2 aromatic rings. The number of benzene rings is 2. The zero-order chi connectivity index (χ0) is 21.4. The fourth-order valence-electron chi connectivity index (χ4n) is 2.51. The molecular formula is C19H22BrFN2O5S. The van der Waals surface area contributed by atoms with Crippen molar-refractivity contribution in [2.45, 2.75) is 17.7 Å². The summed E-state index contributed by atoms with van der Waals surface area (Å²) < 4.78 is 50.7. The van der Waals surface area contributed by atoms with Gasteiger partial charge >= 0.3 is 0 Å². The second kappa shape index (κ2) is 10.6. The Hall–Kier alpha value is -2.17. The summed E-state index contributed by atoms with van der Waals surface area (Å²) in [6, 6.07) is 8.07. The number of carbonyl (C=O) groups is 1. The maximum atomic E-state index is 12.9. The minimum absolute atomic E-state index is 0.0203. The number of sulfonamides is 1. The highest BCUT2D eigenvalue weighted by Gasteiger charge is 2.14. The molecule has 0 heterocycles. The van der Waals surface area contributed by atoms with Gasteiger partial charge in [-0.05, 0) is 48.4 Å². The first-order chi connectivity index (χ1) is 13.8. The zero-order valence-electron chi connectivity index (χ0n) is 16.0. The van der Waals surface area contributed by atoms with E-state index in [4.69, 9.17) is 9.47 Å². The van der Waals surface area contributed by atoms with Gasteiger partial charge in [0.25, 0.3) is 0 Å². The van der Waals surface area contributed by atoms with E-state index in [1.807, 2.05) is 6.07 Å². The fourth-order valence-corrected chi connectivity index (χ4v) is 4.06. The molecule has 10 heteroatoms. The number of rotatable bonds is 10. The second-order valence-electron chi connectivity index (χ2n) is 6.00. The number of amides is 1. The summed E-state index contributed by atoms with van der Waals surface area (Å²) in [4.78, 5) is 11.9. The lowest BCUT2D eigenvalue weighted by molar-refractivity contribution is -0.120. The van der Waals surface area contributed by atoms with E-state index < -0.39 is 15.8 Å². The smallest absolute Gasteiger partial charge is 0.240 e. The van der Waals surface area contributed by atoms with Crippen LogP contribution >= 0.6 is 15.9 Å². The first kappa shape index (κ1) is 23.1. The molecule has 0 aliphatic heterocycles. The van der Waals surface area contributed by atoms with Gasteiger partial charge in [0.15, 0.2) is 11.5 Å². The normalized spacial score (nSPS) is 11.2. The molecular weight excluding hydrogens is 467 g/mol. The zero-order valence-corrected chi connectivity index (χ0v) is 18.4. The Morgan fingerprint density at radius 2 is 1.69 bits per heavy atom. The van der Waals surface area contributed by atoms with Crippen molar-refractivity contribution in [3.63, 3.8) is 0 Å². The first-order valence-electron chi connectivity index (χ1n) is 8.69. The van der Waals surface area contributed by atoms with E-state index in [-0.39, 0.29) is 23.8 Å². The van der Waals surface area contributed by atoms with Gasteiger partial charge in [0.05, 0.1) is 19.1 Å². The average molecular weight is 489 g/mol. The maximum absolute atomic E-state index is 12.9. The summed E-state index contributed by atoms with van der Waals surface area (Å²) in [5.74, 6) is 0.376. The lowest BCUT2D eigenvalue weighted by atomic mass is 10.1. The Kier molecular flexibility index (Phi) is 8.42. The number of halogens is 2. The van der Waals surface area contributed by atoms with E-state index in [2.05, 4.69) is 26.0 Å². The van der Waals surface area contributed by atoms with Crippen LogP contribution in [0, 0.1) is 5.82 Å². The van der Waals surface area contributed by atoms with E-state index in [1.54, 1.807) is 20.3 Å². The van der Waals surface area contributed by atoms with Crippen LogP contribution < -0.4 is 19.5 Å². The van der Waals surface area contributed by atoms with E-state index in [9.17, 15) is 17.6 Å². The molecule has 0 saturated carbocycles. The van der Waals surface area contributed by atoms with Crippen molar-refractivity contribution in [3.05, 3.63) is 52.3 Å². The van der Waals surface area contributed by atoms with Gasteiger partial charge in [0.1, 0.15) is 5.82 Å². The number of methoxy groups -OCH3 is 2. The van der Waals surface area contributed by atoms with Crippen LogP contribution in [0.3, 0.4) is 0 Å². The van der Waals surface area contributed by atoms with Gasteiger partial charge in [-0.2, -0.15) is 0 Å². The predicted octanol–water partition coefficient (Wildman–Crippen LogP) is 2.63. The van der Waals surface area contributed by atoms with Gasteiger partial charge < -0.3 is 14.8 Å². The van der Waals surface area contributed by atoms with Crippen LogP contribution in [0.4, 0.5) is 4.39 Å². The Morgan fingerprint density at radius 1 is 1.07 bits per heavy atom. The van der Waals surface area contributed by atoms with Crippen molar-refractivity contribution >= 4 is 31.9 Å². The Balaban J connectivity index is 1.80. The van der Waals surface area contributed by atoms with Crippen molar-refractivity contribution in [1.82, 2.24) is 10.0 Å². The van der Waals surface area contributed by atoms with Gasteiger partial charge in [-0.3, -0.25) is 4.79 Å². The minimum atomic E-state index is -3.78. The molecule has 0 radical (unpaired) electrons. The molecule has 0 saturated heterocycles. The monoisotopic (exact) mass is 488 g/mol. The standard InChI is InChI=1S/C19H22BrFN2O5S/c1-27-17-11-13(16(20)12-18(17)28-2)7-9-22-19(24)8-10-23-29(25,26)15-5-3-14(21)4-6-15/h3-6,11-12,23H,7-10H2,1-2H3,(H,22,24). The Labute approximate surface area is 177 Å². The topological polar surface area (TPSA) is 93.7 Å². The van der Waals surface area contributed by atoms with E-state index in [1.165, 1.54) is 12.1 Å². The molecule has 29 heavy (non-hydrogen) atoms. The quantitative estimate of drug-likeness (QED) is 0.536. The number of ether oxygens (including phenoxy) is 2. The van der Waals surface area contributed by atoms with Crippen molar-refractivity contribution in [2.24, 2.45) is 0 Å². The third-order valence-electron chi connectivity index (χ3n) is 4.04. The van der Waals surface area contributed by atoms with E-state index >= 15 is 0 Å². The van der Waals surface area contributed by atoms with Gasteiger partial charge in [0.2, 0.25) is 15.9 Å². The summed E-state index contributed by atoms with van der Waals surface area (Å²) in [5, 5.41) is 2.74. The van der Waals surface area contributed by atoms with Crippen molar-refractivity contribution in [1.29, 1.82) is 0 Å². The van der Waals surface area contributed by atoms with Crippen LogP contribution in [-0.2, 0) is 21.2 Å². The molecule has 2 rings (SSSR count). The lowest BCUT2D eigenvalue weighted by Gasteiger charge is -2.12. The largest absolute Gasteiger partial charge is 0.493 e.